The molecular weight excluding hydrogens is 284 g/mol. The Morgan fingerprint density at radius 1 is 1.10 bits per heavy atom. The highest BCUT2D eigenvalue weighted by Crippen LogP contribution is 2.38. The zero-order valence-corrected chi connectivity index (χ0v) is 13.0. The SMILES string of the molecule is CC(O)c1ccc(N2CCN(C)c3ccccc32)cc1Cl. The number of hydrogen-bond acceptors (Lipinski definition) is 3. The van der Waals surface area contributed by atoms with E-state index in [1.165, 1.54) is 11.4 Å². The van der Waals surface area contributed by atoms with Gasteiger partial charge in [-0.2, -0.15) is 0 Å². The maximum atomic E-state index is 9.69. The van der Waals surface area contributed by atoms with Crippen molar-refractivity contribution in [3.63, 3.8) is 0 Å². The number of nitrogens with zero attached hydrogens (tertiary/aromatic N) is 2. The number of anilines is 3. The lowest BCUT2D eigenvalue weighted by molar-refractivity contribution is 0.199. The molecule has 1 aliphatic heterocycles. The summed E-state index contributed by atoms with van der Waals surface area (Å²) in [6, 6.07) is 14.2. The molecule has 0 saturated heterocycles. The van der Waals surface area contributed by atoms with Crippen molar-refractivity contribution in [2.45, 2.75) is 13.0 Å². The van der Waals surface area contributed by atoms with Crippen LogP contribution in [0.5, 0.6) is 0 Å². The number of fused-ring (bicyclic) bond motifs is 1. The van der Waals surface area contributed by atoms with Crippen molar-refractivity contribution >= 4 is 28.7 Å². The lowest BCUT2D eigenvalue weighted by Crippen LogP contribution is -2.36. The molecule has 0 amide bonds. The summed E-state index contributed by atoms with van der Waals surface area (Å²) in [5, 5.41) is 10.3. The van der Waals surface area contributed by atoms with E-state index in [4.69, 9.17) is 11.6 Å². The molecule has 1 unspecified atom stereocenters. The Bertz CT molecular complexity index is 657. The third-order valence-corrected chi connectivity index (χ3v) is 4.32. The van der Waals surface area contributed by atoms with Gasteiger partial charge in [0.15, 0.2) is 0 Å². The molecular formula is C17H19ClN2O. The van der Waals surface area contributed by atoms with Crippen molar-refractivity contribution < 1.29 is 5.11 Å². The first-order valence-corrected chi connectivity index (χ1v) is 7.51. The van der Waals surface area contributed by atoms with Crippen LogP contribution in [0.2, 0.25) is 5.02 Å². The van der Waals surface area contributed by atoms with Gasteiger partial charge < -0.3 is 14.9 Å². The predicted molar refractivity (Wildman–Crippen MR) is 88.8 cm³/mol. The molecule has 3 rings (SSSR count). The third-order valence-electron chi connectivity index (χ3n) is 3.99. The minimum atomic E-state index is -0.550. The van der Waals surface area contributed by atoms with Gasteiger partial charge in [-0.25, -0.2) is 0 Å². The van der Waals surface area contributed by atoms with E-state index in [1.807, 2.05) is 18.2 Å². The number of para-hydroxylation sites is 2. The number of halogens is 1. The van der Waals surface area contributed by atoms with Crippen LogP contribution in [0.4, 0.5) is 17.1 Å². The van der Waals surface area contributed by atoms with Gasteiger partial charge in [0.1, 0.15) is 0 Å². The Labute approximate surface area is 130 Å². The summed E-state index contributed by atoms with van der Waals surface area (Å²) in [5.41, 5.74) is 4.24. The van der Waals surface area contributed by atoms with Crippen LogP contribution in [-0.4, -0.2) is 25.2 Å². The third kappa shape index (κ3) is 2.59. The topological polar surface area (TPSA) is 26.7 Å². The first-order chi connectivity index (χ1) is 10.1. The zero-order chi connectivity index (χ0) is 15.0. The van der Waals surface area contributed by atoms with Gasteiger partial charge in [0.2, 0.25) is 0 Å². The largest absolute Gasteiger partial charge is 0.389 e. The summed E-state index contributed by atoms with van der Waals surface area (Å²) in [5.74, 6) is 0. The summed E-state index contributed by atoms with van der Waals surface area (Å²) in [6.07, 6.45) is -0.550. The first-order valence-electron chi connectivity index (χ1n) is 7.13. The van der Waals surface area contributed by atoms with E-state index in [-0.39, 0.29) is 0 Å². The number of benzene rings is 2. The fourth-order valence-electron chi connectivity index (χ4n) is 2.80. The Hall–Kier alpha value is -1.71. The Morgan fingerprint density at radius 3 is 2.48 bits per heavy atom. The summed E-state index contributed by atoms with van der Waals surface area (Å²) in [4.78, 5) is 4.53. The van der Waals surface area contributed by atoms with Crippen molar-refractivity contribution in [2.75, 3.05) is 29.9 Å². The normalized spacial score (nSPS) is 15.8. The first kappa shape index (κ1) is 14.2. The van der Waals surface area contributed by atoms with Crippen molar-refractivity contribution in [3.05, 3.63) is 53.1 Å². The number of likely N-dealkylation sites (N-methyl/N-ethyl adjacent to an activating group) is 1. The summed E-state index contributed by atoms with van der Waals surface area (Å²) in [7, 11) is 2.11. The Morgan fingerprint density at radius 2 is 1.81 bits per heavy atom. The lowest BCUT2D eigenvalue weighted by atomic mass is 10.1. The number of aliphatic hydroxyl groups excluding tert-OH is 1. The lowest BCUT2D eigenvalue weighted by Gasteiger charge is -2.37. The Balaban J connectivity index is 2.02. The molecule has 3 nitrogen and oxygen atoms in total. The molecule has 1 aliphatic rings. The van der Waals surface area contributed by atoms with Crippen LogP contribution in [0.25, 0.3) is 0 Å². The molecule has 1 heterocycles. The summed E-state index contributed by atoms with van der Waals surface area (Å²) < 4.78 is 0. The molecule has 21 heavy (non-hydrogen) atoms. The van der Waals surface area contributed by atoms with Crippen molar-refractivity contribution in [1.29, 1.82) is 0 Å². The molecule has 0 saturated carbocycles. The molecule has 1 atom stereocenters. The van der Waals surface area contributed by atoms with E-state index in [0.29, 0.717) is 5.02 Å². The van der Waals surface area contributed by atoms with Gasteiger partial charge in [-0.15, -0.1) is 0 Å². The molecule has 0 fully saturated rings. The average molecular weight is 303 g/mol. The molecule has 1 N–H and O–H groups in total. The van der Waals surface area contributed by atoms with Gasteiger partial charge >= 0.3 is 0 Å². The van der Waals surface area contributed by atoms with Crippen LogP contribution in [0, 0.1) is 0 Å². The van der Waals surface area contributed by atoms with Gasteiger partial charge in [-0.3, -0.25) is 0 Å². The Kier molecular flexibility index (Phi) is 3.79. The van der Waals surface area contributed by atoms with Gasteiger partial charge in [0.25, 0.3) is 0 Å². The molecule has 0 radical (unpaired) electrons. The maximum Gasteiger partial charge on any atom is 0.0776 e. The minimum absolute atomic E-state index is 0.550. The average Bonchev–Trinajstić information content (AvgIpc) is 2.47. The van der Waals surface area contributed by atoms with Crippen LogP contribution in [0.1, 0.15) is 18.6 Å². The van der Waals surface area contributed by atoms with E-state index in [0.717, 1.165) is 24.3 Å². The van der Waals surface area contributed by atoms with Gasteiger partial charge in [0.05, 0.1) is 17.5 Å². The van der Waals surface area contributed by atoms with Crippen molar-refractivity contribution in [3.8, 4) is 0 Å². The number of hydrogen-bond donors (Lipinski definition) is 1. The molecule has 2 aromatic carbocycles. The highest BCUT2D eigenvalue weighted by atomic mass is 35.5. The van der Waals surface area contributed by atoms with Crippen molar-refractivity contribution in [1.82, 2.24) is 0 Å². The van der Waals surface area contributed by atoms with E-state index in [1.54, 1.807) is 6.92 Å². The zero-order valence-electron chi connectivity index (χ0n) is 12.3. The van der Waals surface area contributed by atoms with E-state index in [9.17, 15) is 5.11 Å². The van der Waals surface area contributed by atoms with Gasteiger partial charge in [0, 0.05) is 30.8 Å². The molecule has 0 aliphatic carbocycles. The van der Waals surface area contributed by atoms with E-state index < -0.39 is 6.10 Å². The number of rotatable bonds is 2. The number of aliphatic hydroxyl groups is 1. The van der Waals surface area contributed by atoms with E-state index >= 15 is 0 Å². The van der Waals surface area contributed by atoms with Crippen LogP contribution in [-0.2, 0) is 0 Å². The monoisotopic (exact) mass is 302 g/mol. The van der Waals surface area contributed by atoms with Crippen LogP contribution < -0.4 is 9.80 Å². The molecule has 0 aromatic heterocycles. The second kappa shape index (κ2) is 5.58. The molecule has 0 bridgehead atoms. The second-order valence-corrected chi connectivity index (χ2v) is 5.85. The predicted octanol–water partition coefficient (Wildman–Crippen LogP) is 3.98. The quantitative estimate of drug-likeness (QED) is 0.909. The van der Waals surface area contributed by atoms with Gasteiger partial charge in [-0.1, -0.05) is 29.8 Å². The molecule has 4 heteroatoms. The standard InChI is InChI=1S/C17H19ClN2O/c1-12(21)14-8-7-13(11-15(14)18)20-10-9-19(2)16-5-3-4-6-17(16)20/h3-8,11-12,21H,9-10H2,1-2H3. The fraction of sp³-hybridized carbons (Fsp3) is 0.294. The van der Waals surface area contributed by atoms with Crippen molar-refractivity contribution in [2.24, 2.45) is 0 Å². The summed E-state index contributed by atoms with van der Waals surface area (Å²) in [6.45, 7) is 3.61. The van der Waals surface area contributed by atoms with Crippen LogP contribution >= 0.6 is 11.6 Å². The molecule has 110 valence electrons. The van der Waals surface area contributed by atoms with Crippen LogP contribution in [0.3, 0.4) is 0 Å². The van der Waals surface area contributed by atoms with E-state index in [2.05, 4.69) is 41.1 Å². The highest BCUT2D eigenvalue weighted by molar-refractivity contribution is 6.31. The molecule has 0 spiro atoms. The second-order valence-electron chi connectivity index (χ2n) is 5.44. The minimum Gasteiger partial charge on any atom is -0.389 e. The van der Waals surface area contributed by atoms with Gasteiger partial charge in [-0.05, 0) is 36.8 Å². The van der Waals surface area contributed by atoms with Crippen LogP contribution in [0.15, 0.2) is 42.5 Å². The smallest absolute Gasteiger partial charge is 0.0776 e. The molecule has 2 aromatic rings. The highest BCUT2D eigenvalue weighted by Gasteiger charge is 2.21. The summed E-state index contributed by atoms with van der Waals surface area (Å²) >= 11 is 6.30. The fourth-order valence-corrected chi connectivity index (χ4v) is 3.13. The maximum absolute atomic E-state index is 9.69.